The molecule has 0 bridgehead atoms. The van der Waals surface area contributed by atoms with Gasteiger partial charge in [0.1, 0.15) is 11.5 Å². The number of benzene rings is 1. The first-order valence-corrected chi connectivity index (χ1v) is 5.35. The van der Waals surface area contributed by atoms with Gasteiger partial charge < -0.3 is 9.73 Å². The number of nitrogens with one attached hydrogen (secondary N) is 1. The van der Waals surface area contributed by atoms with Gasteiger partial charge in [-0.05, 0) is 23.7 Å². The fourth-order valence-corrected chi connectivity index (χ4v) is 1.61. The molecule has 0 aliphatic rings. The molecule has 8 heteroatoms. The van der Waals surface area contributed by atoms with E-state index >= 15 is 0 Å². The molecule has 0 unspecified atom stereocenters. The van der Waals surface area contributed by atoms with Crippen LogP contribution in [-0.2, 0) is 0 Å². The molecule has 0 atom stereocenters. The van der Waals surface area contributed by atoms with Crippen molar-refractivity contribution in [1.29, 1.82) is 0 Å². The van der Waals surface area contributed by atoms with E-state index in [1.165, 1.54) is 12.3 Å². The van der Waals surface area contributed by atoms with Crippen LogP contribution in [0.25, 0.3) is 0 Å². The van der Waals surface area contributed by atoms with Crippen molar-refractivity contribution in [3.8, 4) is 0 Å². The summed E-state index contributed by atoms with van der Waals surface area (Å²) in [6, 6.07) is 4.04. The van der Waals surface area contributed by atoms with Gasteiger partial charge in [0.25, 0.3) is 11.6 Å². The second-order valence-corrected chi connectivity index (χ2v) is 3.82. The fraction of sp³-hybridized carbons (Fsp3) is 0. The number of nitro groups is 1. The average molecular weight is 285 g/mol. The molecule has 0 saturated carbocycles. The summed E-state index contributed by atoms with van der Waals surface area (Å²) in [5.74, 6) is -1.44. The summed E-state index contributed by atoms with van der Waals surface area (Å²) in [6.07, 6.45) is 1.19. The standard InChI is InChI=1S/C11H6ClFN2O4/c12-10-7(3-4-19-10)11(16)14-8-5-6(13)1-2-9(8)15(17)18/h1-5H,(H,14,16). The minimum atomic E-state index is -0.730. The van der Waals surface area contributed by atoms with Crippen LogP contribution >= 0.6 is 11.6 Å². The van der Waals surface area contributed by atoms with Gasteiger partial charge in [0, 0.05) is 12.1 Å². The molecule has 0 fully saturated rings. The zero-order chi connectivity index (χ0) is 14.0. The smallest absolute Gasteiger partial charge is 0.292 e. The highest BCUT2D eigenvalue weighted by Gasteiger charge is 2.19. The molecule has 98 valence electrons. The highest BCUT2D eigenvalue weighted by atomic mass is 35.5. The summed E-state index contributed by atoms with van der Waals surface area (Å²) in [7, 11) is 0. The SMILES string of the molecule is O=C(Nc1cc(F)ccc1[N+](=O)[O-])c1ccoc1Cl. The Hall–Kier alpha value is -2.41. The lowest BCUT2D eigenvalue weighted by Crippen LogP contribution is -2.13. The van der Waals surface area contributed by atoms with E-state index < -0.39 is 22.3 Å². The lowest BCUT2D eigenvalue weighted by atomic mass is 10.2. The van der Waals surface area contributed by atoms with Crippen molar-refractivity contribution in [2.75, 3.05) is 5.32 Å². The first kappa shape index (κ1) is 13.0. The van der Waals surface area contributed by atoms with Crippen LogP contribution in [-0.4, -0.2) is 10.8 Å². The lowest BCUT2D eigenvalue weighted by Gasteiger charge is -2.05. The predicted octanol–water partition coefficient (Wildman–Crippen LogP) is 3.23. The first-order valence-electron chi connectivity index (χ1n) is 4.97. The van der Waals surface area contributed by atoms with E-state index in [2.05, 4.69) is 5.32 Å². The summed E-state index contributed by atoms with van der Waals surface area (Å²) in [5, 5.41) is 12.8. The molecule has 0 saturated heterocycles. The van der Waals surface area contributed by atoms with Crippen LogP contribution < -0.4 is 5.32 Å². The number of carbonyl (C=O) groups is 1. The number of anilines is 1. The van der Waals surface area contributed by atoms with Crippen LogP contribution in [0.2, 0.25) is 5.22 Å². The Morgan fingerprint density at radius 1 is 1.42 bits per heavy atom. The molecule has 0 aliphatic heterocycles. The minimum absolute atomic E-state index is 0.000209. The lowest BCUT2D eigenvalue weighted by molar-refractivity contribution is -0.384. The molecule has 2 aromatic rings. The fourth-order valence-electron chi connectivity index (χ4n) is 1.41. The third-order valence-electron chi connectivity index (χ3n) is 2.27. The number of halogens is 2. The first-order chi connectivity index (χ1) is 8.99. The molecule has 6 nitrogen and oxygen atoms in total. The van der Waals surface area contributed by atoms with Crippen LogP contribution in [0.3, 0.4) is 0 Å². The zero-order valence-corrected chi connectivity index (χ0v) is 9.98. The maximum atomic E-state index is 13.1. The van der Waals surface area contributed by atoms with Gasteiger partial charge in [-0.15, -0.1) is 0 Å². The van der Waals surface area contributed by atoms with E-state index in [9.17, 15) is 19.3 Å². The van der Waals surface area contributed by atoms with Crippen molar-refractivity contribution >= 4 is 28.9 Å². The van der Waals surface area contributed by atoms with Gasteiger partial charge in [0.2, 0.25) is 5.22 Å². The number of amides is 1. The molecule has 2 rings (SSSR count). The molecule has 0 aliphatic carbocycles. The predicted molar refractivity (Wildman–Crippen MR) is 64.7 cm³/mol. The number of nitrogens with zero attached hydrogens (tertiary/aromatic N) is 1. The Morgan fingerprint density at radius 2 is 2.16 bits per heavy atom. The second kappa shape index (κ2) is 5.07. The van der Waals surface area contributed by atoms with Gasteiger partial charge in [0.05, 0.1) is 16.7 Å². The van der Waals surface area contributed by atoms with Gasteiger partial charge in [0.15, 0.2) is 0 Å². The Balaban J connectivity index is 2.33. The Bertz CT molecular complexity index is 656. The van der Waals surface area contributed by atoms with Crippen LogP contribution in [0.1, 0.15) is 10.4 Å². The van der Waals surface area contributed by atoms with Gasteiger partial charge >= 0.3 is 0 Å². The minimum Gasteiger partial charge on any atom is -0.452 e. The highest BCUT2D eigenvalue weighted by Crippen LogP contribution is 2.26. The van der Waals surface area contributed by atoms with Crippen LogP contribution in [0.4, 0.5) is 15.8 Å². The summed E-state index contributed by atoms with van der Waals surface area (Å²) in [5.41, 5.74) is -0.679. The Kier molecular flexibility index (Phi) is 3.48. The summed E-state index contributed by atoms with van der Waals surface area (Å²) in [6.45, 7) is 0. The monoisotopic (exact) mass is 284 g/mol. The van der Waals surface area contributed by atoms with Gasteiger partial charge in [-0.1, -0.05) is 0 Å². The largest absolute Gasteiger partial charge is 0.452 e. The number of hydrogen-bond donors (Lipinski definition) is 1. The van der Waals surface area contributed by atoms with Crippen molar-refractivity contribution in [2.45, 2.75) is 0 Å². The van der Waals surface area contributed by atoms with Gasteiger partial charge in [-0.2, -0.15) is 0 Å². The zero-order valence-electron chi connectivity index (χ0n) is 9.22. The van der Waals surface area contributed by atoms with E-state index in [1.807, 2.05) is 0 Å². The topological polar surface area (TPSA) is 85.4 Å². The average Bonchev–Trinajstić information content (AvgIpc) is 2.75. The molecule has 1 amide bonds. The van der Waals surface area contributed by atoms with E-state index in [0.29, 0.717) is 0 Å². The number of rotatable bonds is 3. The maximum absolute atomic E-state index is 13.1. The van der Waals surface area contributed by atoms with Crippen LogP contribution in [0, 0.1) is 15.9 Å². The summed E-state index contributed by atoms with van der Waals surface area (Å²) < 4.78 is 17.8. The molecular weight excluding hydrogens is 279 g/mol. The number of furan rings is 1. The van der Waals surface area contributed by atoms with E-state index in [-0.39, 0.29) is 16.5 Å². The summed E-state index contributed by atoms with van der Waals surface area (Å²) in [4.78, 5) is 21.8. The molecule has 0 radical (unpaired) electrons. The van der Waals surface area contributed by atoms with Crippen molar-refractivity contribution in [3.05, 3.63) is 57.2 Å². The third-order valence-corrected chi connectivity index (χ3v) is 2.56. The van der Waals surface area contributed by atoms with Crippen molar-refractivity contribution < 1.29 is 18.5 Å². The number of nitro benzene ring substituents is 1. The van der Waals surface area contributed by atoms with E-state index in [0.717, 1.165) is 18.2 Å². The second-order valence-electron chi connectivity index (χ2n) is 3.48. The molecular formula is C11H6ClFN2O4. The highest BCUT2D eigenvalue weighted by molar-refractivity contribution is 6.32. The Labute approximate surface area is 110 Å². The van der Waals surface area contributed by atoms with Crippen LogP contribution in [0.5, 0.6) is 0 Å². The molecule has 0 spiro atoms. The number of carbonyl (C=O) groups excluding carboxylic acids is 1. The normalized spacial score (nSPS) is 10.2. The molecule has 1 heterocycles. The van der Waals surface area contributed by atoms with E-state index in [4.69, 9.17) is 16.0 Å². The Morgan fingerprint density at radius 3 is 2.74 bits per heavy atom. The quantitative estimate of drug-likeness (QED) is 0.692. The van der Waals surface area contributed by atoms with Crippen molar-refractivity contribution in [1.82, 2.24) is 0 Å². The number of hydrogen-bond acceptors (Lipinski definition) is 4. The third kappa shape index (κ3) is 2.71. The molecule has 1 aromatic heterocycles. The van der Waals surface area contributed by atoms with E-state index in [1.54, 1.807) is 0 Å². The molecule has 1 N–H and O–H groups in total. The molecule has 1 aromatic carbocycles. The van der Waals surface area contributed by atoms with Gasteiger partial charge in [-0.3, -0.25) is 14.9 Å². The summed E-state index contributed by atoms with van der Waals surface area (Å²) >= 11 is 5.60. The van der Waals surface area contributed by atoms with Crippen molar-refractivity contribution in [2.24, 2.45) is 0 Å². The maximum Gasteiger partial charge on any atom is 0.292 e. The van der Waals surface area contributed by atoms with Gasteiger partial charge in [-0.25, -0.2) is 4.39 Å². The van der Waals surface area contributed by atoms with Crippen molar-refractivity contribution in [3.63, 3.8) is 0 Å². The van der Waals surface area contributed by atoms with Crippen LogP contribution in [0.15, 0.2) is 34.9 Å². The molecule has 19 heavy (non-hydrogen) atoms.